The van der Waals surface area contributed by atoms with Crippen LogP contribution in [0.4, 0.5) is 5.69 Å². The average Bonchev–Trinajstić information content (AvgIpc) is 2.06. The number of aliphatic hydroxyl groups is 1. The third kappa shape index (κ3) is 1.54. The molecule has 1 unspecified atom stereocenters. The van der Waals surface area contributed by atoms with Crippen molar-refractivity contribution in [3.63, 3.8) is 0 Å². The molecule has 2 N–H and O–H groups in total. The van der Waals surface area contributed by atoms with Crippen molar-refractivity contribution < 1.29 is 5.11 Å². The van der Waals surface area contributed by atoms with Gasteiger partial charge in [-0.05, 0) is 12.5 Å². The summed E-state index contributed by atoms with van der Waals surface area (Å²) in [5, 5.41) is 12.8. The van der Waals surface area contributed by atoms with E-state index in [1.165, 1.54) is 0 Å². The lowest BCUT2D eigenvalue weighted by Crippen LogP contribution is -2.15. The molecular weight excluding hydrogens is 174 g/mol. The molecule has 1 heterocycles. The summed E-state index contributed by atoms with van der Waals surface area (Å²) in [6, 6.07) is 7.89. The first kappa shape index (κ1) is 9.36. The van der Waals surface area contributed by atoms with Gasteiger partial charge in [0.25, 0.3) is 0 Å². The van der Waals surface area contributed by atoms with E-state index in [1.54, 1.807) is 0 Å². The summed E-state index contributed by atoms with van der Waals surface area (Å²) in [7, 11) is 0. The van der Waals surface area contributed by atoms with Crippen molar-refractivity contribution in [1.82, 2.24) is 0 Å². The zero-order valence-electron chi connectivity index (χ0n) is 6.66. The maximum absolute atomic E-state index is 9.52. The van der Waals surface area contributed by atoms with Crippen LogP contribution in [0.1, 0.15) is 18.1 Å². The lowest BCUT2D eigenvalue weighted by molar-refractivity contribution is 0.168. The zero-order chi connectivity index (χ0) is 7.68. The number of aliphatic hydroxyl groups excluding tert-OH is 1. The minimum absolute atomic E-state index is 0. The first-order valence-corrected chi connectivity index (χ1v) is 3.89. The van der Waals surface area contributed by atoms with Crippen LogP contribution >= 0.6 is 12.4 Å². The quantitative estimate of drug-likeness (QED) is 0.648. The largest absolute Gasteiger partial charge is 0.388 e. The van der Waals surface area contributed by atoms with E-state index in [1.807, 2.05) is 24.3 Å². The van der Waals surface area contributed by atoms with E-state index in [0.29, 0.717) is 0 Å². The number of halogens is 1. The molecule has 0 radical (unpaired) electrons. The Hall–Kier alpha value is -0.730. The summed E-state index contributed by atoms with van der Waals surface area (Å²) in [5.41, 5.74) is 2.10. The smallest absolute Gasteiger partial charge is 0.0826 e. The number of para-hydroxylation sites is 1. The zero-order valence-corrected chi connectivity index (χ0v) is 7.47. The molecule has 1 aliphatic rings. The Kier molecular flexibility index (Phi) is 2.95. The minimum atomic E-state index is -0.271. The number of anilines is 1. The summed E-state index contributed by atoms with van der Waals surface area (Å²) >= 11 is 0. The van der Waals surface area contributed by atoms with E-state index >= 15 is 0 Å². The predicted molar refractivity (Wildman–Crippen MR) is 51.8 cm³/mol. The molecule has 2 nitrogen and oxygen atoms in total. The Balaban J connectivity index is 0.000000720. The van der Waals surface area contributed by atoms with E-state index < -0.39 is 0 Å². The van der Waals surface area contributed by atoms with Gasteiger partial charge in [-0.25, -0.2) is 0 Å². The third-order valence-corrected chi connectivity index (χ3v) is 2.05. The third-order valence-electron chi connectivity index (χ3n) is 2.05. The van der Waals surface area contributed by atoms with Crippen molar-refractivity contribution in [3.05, 3.63) is 29.8 Å². The molecule has 1 aromatic carbocycles. The molecule has 0 aliphatic carbocycles. The Bertz CT molecular complexity index is 264. The van der Waals surface area contributed by atoms with Gasteiger partial charge in [-0.2, -0.15) is 0 Å². The van der Waals surface area contributed by atoms with Crippen LogP contribution in [0.2, 0.25) is 0 Å². The maximum atomic E-state index is 9.52. The number of benzene rings is 1. The molecule has 0 spiro atoms. The van der Waals surface area contributed by atoms with E-state index in [0.717, 1.165) is 24.2 Å². The van der Waals surface area contributed by atoms with Gasteiger partial charge < -0.3 is 10.4 Å². The van der Waals surface area contributed by atoms with Crippen molar-refractivity contribution in [2.24, 2.45) is 0 Å². The molecular formula is C9H12ClNO. The van der Waals surface area contributed by atoms with Crippen molar-refractivity contribution in [1.29, 1.82) is 0 Å². The fourth-order valence-electron chi connectivity index (χ4n) is 1.45. The molecule has 12 heavy (non-hydrogen) atoms. The topological polar surface area (TPSA) is 32.3 Å². The molecule has 1 aromatic rings. The van der Waals surface area contributed by atoms with Crippen LogP contribution in [-0.4, -0.2) is 11.7 Å². The van der Waals surface area contributed by atoms with Crippen LogP contribution in [0.3, 0.4) is 0 Å². The fraction of sp³-hybridized carbons (Fsp3) is 0.333. The Morgan fingerprint density at radius 1 is 1.33 bits per heavy atom. The summed E-state index contributed by atoms with van der Waals surface area (Å²) in [6.45, 7) is 0.873. The fourth-order valence-corrected chi connectivity index (χ4v) is 1.45. The molecule has 1 atom stereocenters. The molecule has 3 heteroatoms. The Morgan fingerprint density at radius 3 is 2.83 bits per heavy atom. The van der Waals surface area contributed by atoms with Crippen LogP contribution in [0, 0.1) is 0 Å². The molecule has 0 amide bonds. The van der Waals surface area contributed by atoms with Gasteiger partial charge in [0.2, 0.25) is 0 Å². The minimum Gasteiger partial charge on any atom is -0.388 e. The highest BCUT2D eigenvalue weighted by Gasteiger charge is 2.15. The summed E-state index contributed by atoms with van der Waals surface area (Å²) in [4.78, 5) is 0. The van der Waals surface area contributed by atoms with Gasteiger partial charge >= 0.3 is 0 Å². The Labute approximate surface area is 78.0 Å². The molecule has 2 rings (SSSR count). The van der Waals surface area contributed by atoms with Gasteiger partial charge in [-0.1, -0.05) is 18.2 Å². The monoisotopic (exact) mass is 185 g/mol. The maximum Gasteiger partial charge on any atom is 0.0826 e. The first-order chi connectivity index (χ1) is 5.38. The van der Waals surface area contributed by atoms with Gasteiger partial charge in [0, 0.05) is 17.8 Å². The van der Waals surface area contributed by atoms with Crippen molar-refractivity contribution in [2.45, 2.75) is 12.5 Å². The van der Waals surface area contributed by atoms with E-state index in [2.05, 4.69) is 5.32 Å². The molecule has 66 valence electrons. The normalized spacial score (nSPS) is 20.2. The van der Waals surface area contributed by atoms with Crippen molar-refractivity contribution in [3.8, 4) is 0 Å². The Morgan fingerprint density at radius 2 is 2.08 bits per heavy atom. The standard InChI is InChI=1S/C9H11NO.ClH/c11-9-5-6-10-8-4-2-1-3-7(8)9;/h1-4,9-11H,5-6H2;1H. The molecule has 0 saturated carbocycles. The van der Waals surface area contributed by atoms with Crippen molar-refractivity contribution >= 4 is 18.1 Å². The number of nitrogens with one attached hydrogen (secondary N) is 1. The lowest BCUT2D eigenvalue weighted by Gasteiger charge is -2.22. The molecule has 1 aliphatic heterocycles. The lowest BCUT2D eigenvalue weighted by atomic mass is 10.0. The molecule has 0 aromatic heterocycles. The first-order valence-electron chi connectivity index (χ1n) is 3.89. The molecule has 0 bridgehead atoms. The van der Waals surface area contributed by atoms with Crippen LogP contribution in [0.25, 0.3) is 0 Å². The van der Waals surface area contributed by atoms with Gasteiger partial charge in [-0.15, -0.1) is 12.4 Å². The summed E-state index contributed by atoms with van der Waals surface area (Å²) in [5.74, 6) is 0. The number of hydrogen-bond acceptors (Lipinski definition) is 2. The second kappa shape index (κ2) is 3.78. The second-order valence-electron chi connectivity index (χ2n) is 2.82. The van der Waals surface area contributed by atoms with Crippen LogP contribution in [0.5, 0.6) is 0 Å². The van der Waals surface area contributed by atoms with Gasteiger partial charge in [0.05, 0.1) is 6.10 Å². The molecule has 0 fully saturated rings. The van der Waals surface area contributed by atoms with Crippen molar-refractivity contribution in [2.75, 3.05) is 11.9 Å². The number of hydrogen-bond donors (Lipinski definition) is 2. The predicted octanol–water partition coefficient (Wildman–Crippen LogP) is 1.96. The van der Waals surface area contributed by atoms with E-state index in [4.69, 9.17) is 0 Å². The highest BCUT2D eigenvalue weighted by molar-refractivity contribution is 5.85. The van der Waals surface area contributed by atoms with Crippen LogP contribution in [-0.2, 0) is 0 Å². The van der Waals surface area contributed by atoms with Gasteiger partial charge in [-0.3, -0.25) is 0 Å². The average molecular weight is 186 g/mol. The number of rotatable bonds is 0. The highest BCUT2D eigenvalue weighted by atomic mass is 35.5. The van der Waals surface area contributed by atoms with E-state index in [-0.39, 0.29) is 18.5 Å². The SMILES string of the molecule is Cl.OC1CCNc2ccccc21. The van der Waals surface area contributed by atoms with Gasteiger partial charge in [0.15, 0.2) is 0 Å². The number of fused-ring (bicyclic) bond motifs is 1. The molecule has 0 saturated heterocycles. The van der Waals surface area contributed by atoms with Crippen LogP contribution < -0.4 is 5.32 Å². The van der Waals surface area contributed by atoms with Gasteiger partial charge in [0.1, 0.15) is 0 Å². The van der Waals surface area contributed by atoms with Crippen LogP contribution in [0.15, 0.2) is 24.3 Å². The second-order valence-corrected chi connectivity index (χ2v) is 2.82. The summed E-state index contributed by atoms with van der Waals surface area (Å²) in [6.07, 6.45) is 0.546. The van der Waals surface area contributed by atoms with E-state index in [9.17, 15) is 5.11 Å². The highest BCUT2D eigenvalue weighted by Crippen LogP contribution is 2.28. The summed E-state index contributed by atoms with van der Waals surface area (Å²) < 4.78 is 0.